The van der Waals surface area contributed by atoms with Crippen molar-refractivity contribution in [3.63, 3.8) is 0 Å². The highest BCUT2D eigenvalue weighted by Crippen LogP contribution is 2.26. The van der Waals surface area contributed by atoms with Crippen molar-refractivity contribution in [3.8, 4) is 11.5 Å². The summed E-state index contributed by atoms with van der Waals surface area (Å²) >= 11 is 0. The summed E-state index contributed by atoms with van der Waals surface area (Å²) < 4.78 is 0. The number of phenolic OH excluding ortho intramolecular Hbond substituents is 2. The zero-order chi connectivity index (χ0) is 14.6. The van der Waals surface area contributed by atoms with Crippen LogP contribution in [0.25, 0.3) is 0 Å². The molecule has 1 atom stereocenters. The van der Waals surface area contributed by atoms with Crippen LogP contribution in [0.1, 0.15) is 30.6 Å². The molecule has 0 radical (unpaired) electrons. The average Bonchev–Trinajstić information content (AvgIpc) is 2.27. The predicted molar refractivity (Wildman–Crippen MR) is 68.1 cm³/mol. The molecule has 1 rings (SSSR count). The Hall–Kier alpha value is -2.24. The molecule has 1 aromatic rings. The van der Waals surface area contributed by atoms with E-state index < -0.39 is 29.4 Å². The first-order valence-electron chi connectivity index (χ1n) is 5.87. The van der Waals surface area contributed by atoms with Crippen molar-refractivity contribution in [2.75, 3.05) is 0 Å². The minimum atomic E-state index is -1.16. The molecular weight excluding hydrogens is 250 g/mol. The fourth-order valence-electron chi connectivity index (χ4n) is 1.68. The van der Waals surface area contributed by atoms with E-state index in [4.69, 9.17) is 5.11 Å². The summed E-state index contributed by atoms with van der Waals surface area (Å²) in [5, 5.41) is 30.4. The van der Waals surface area contributed by atoms with Gasteiger partial charge >= 0.3 is 5.97 Å². The molecule has 0 heterocycles. The first-order valence-corrected chi connectivity index (χ1v) is 5.87. The number of nitrogens with one attached hydrogen (secondary N) is 1. The molecule has 0 spiro atoms. The van der Waals surface area contributed by atoms with Crippen molar-refractivity contribution in [1.29, 1.82) is 0 Å². The van der Waals surface area contributed by atoms with E-state index >= 15 is 0 Å². The fraction of sp³-hybridized carbons (Fsp3) is 0.385. The third-order valence-corrected chi connectivity index (χ3v) is 2.56. The number of carbonyl (C=O) groups is 2. The van der Waals surface area contributed by atoms with Crippen LogP contribution >= 0.6 is 0 Å². The van der Waals surface area contributed by atoms with Crippen LogP contribution in [-0.2, 0) is 4.79 Å². The van der Waals surface area contributed by atoms with Crippen LogP contribution in [0.5, 0.6) is 11.5 Å². The maximum Gasteiger partial charge on any atom is 0.326 e. The highest BCUT2D eigenvalue weighted by atomic mass is 16.4. The van der Waals surface area contributed by atoms with Crippen molar-refractivity contribution in [2.45, 2.75) is 26.3 Å². The standard InChI is InChI=1S/C13H17NO5/c1-7(2)6-8(13(18)19)14-12(17)11-9(15)4-3-5-10(11)16/h3-5,7-8,15-16H,6H2,1-2H3,(H,14,17)(H,18,19). The van der Waals surface area contributed by atoms with E-state index in [2.05, 4.69) is 5.32 Å². The maximum atomic E-state index is 11.9. The Kier molecular flexibility index (Phi) is 4.74. The van der Waals surface area contributed by atoms with Gasteiger partial charge in [-0.05, 0) is 24.5 Å². The lowest BCUT2D eigenvalue weighted by molar-refractivity contribution is -0.139. The van der Waals surface area contributed by atoms with Crippen LogP contribution in [0.3, 0.4) is 0 Å². The van der Waals surface area contributed by atoms with Gasteiger partial charge in [-0.3, -0.25) is 4.79 Å². The van der Waals surface area contributed by atoms with Gasteiger partial charge in [-0.1, -0.05) is 19.9 Å². The second kappa shape index (κ2) is 6.08. The molecule has 19 heavy (non-hydrogen) atoms. The summed E-state index contributed by atoms with van der Waals surface area (Å²) in [7, 11) is 0. The molecule has 0 bridgehead atoms. The lowest BCUT2D eigenvalue weighted by atomic mass is 10.0. The molecule has 1 aromatic carbocycles. The number of hydrogen-bond donors (Lipinski definition) is 4. The third-order valence-electron chi connectivity index (χ3n) is 2.56. The zero-order valence-corrected chi connectivity index (χ0v) is 10.8. The Bertz CT molecular complexity index is 464. The predicted octanol–water partition coefficient (Wildman–Crippen LogP) is 1.33. The summed E-state index contributed by atoms with van der Waals surface area (Å²) in [6.07, 6.45) is 0.259. The Morgan fingerprint density at radius 1 is 1.21 bits per heavy atom. The van der Waals surface area contributed by atoms with Crippen LogP contribution in [0, 0.1) is 5.92 Å². The molecular formula is C13H17NO5. The van der Waals surface area contributed by atoms with Gasteiger partial charge in [0.15, 0.2) is 0 Å². The SMILES string of the molecule is CC(C)CC(NC(=O)c1c(O)cccc1O)C(=O)O. The molecule has 0 aliphatic carbocycles. The maximum absolute atomic E-state index is 11.9. The van der Waals surface area contributed by atoms with Gasteiger partial charge in [0.2, 0.25) is 0 Å². The van der Waals surface area contributed by atoms with Gasteiger partial charge in [-0.2, -0.15) is 0 Å². The molecule has 1 amide bonds. The second-order valence-corrected chi connectivity index (χ2v) is 4.67. The first-order chi connectivity index (χ1) is 8.82. The molecule has 0 aliphatic heterocycles. The highest BCUT2D eigenvalue weighted by Gasteiger charge is 2.24. The van der Waals surface area contributed by atoms with Crippen LogP contribution in [0.15, 0.2) is 18.2 Å². The van der Waals surface area contributed by atoms with Crippen molar-refractivity contribution < 1.29 is 24.9 Å². The summed E-state index contributed by atoms with van der Waals surface area (Å²) in [4.78, 5) is 22.9. The number of aromatic hydroxyl groups is 2. The van der Waals surface area contributed by atoms with Crippen molar-refractivity contribution in [1.82, 2.24) is 5.32 Å². The number of rotatable bonds is 5. The van der Waals surface area contributed by atoms with Gasteiger partial charge in [0.25, 0.3) is 5.91 Å². The van der Waals surface area contributed by atoms with E-state index in [-0.39, 0.29) is 17.9 Å². The summed E-state index contributed by atoms with van der Waals surface area (Å²) in [5.74, 6) is -2.68. The van der Waals surface area contributed by atoms with Crippen LogP contribution in [0.2, 0.25) is 0 Å². The lowest BCUT2D eigenvalue weighted by Gasteiger charge is -2.17. The first kappa shape index (κ1) is 14.8. The number of phenols is 2. The topological polar surface area (TPSA) is 107 Å². The highest BCUT2D eigenvalue weighted by molar-refractivity contribution is 6.01. The van der Waals surface area contributed by atoms with Gasteiger partial charge < -0.3 is 20.6 Å². The Morgan fingerprint density at radius 2 is 1.74 bits per heavy atom. The average molecular weight is 267 g/mol. The van der Waals surface area contributed by atoms with E-state index in [0.717, 1.165) is 0 Å². The molecule has 6 nitrogen and oxygen atoms in total. The number of benzene rings is 1. The molecule has 0 saturated carbocycles. The minimum absolute atomic E-state index is 0.0827. The zero-order valence-electron chi connectivity index (χ0n) is 10.8. The summed E-state index contributed by atoms with van der Waals surface area (Å²) in [6, 6.07) is 2.80. The Labute approximate surface area is 110 Å². The molecule has 0 saturated heterocycles. The third kappa shape index (κ3) is 3.87. The molecule has 0 aromatic heterocycles. The minimum Gasteiger partial charge on any atom is -0.507 e. The number of aliphatic carboxylic acids is 1. The number of carbonyl (C=O) groups excluding carboxylic acids is 1. The fourth-order valence-corrected chi connectivity index (χ4v) is 1.68. The van der Waals surface area contributed by atoms with Crippen molar-refractivity contribution in [2.24, 2.45) is 5.92 Å². The largest absolute Gasteiger partial charge is 0.507 e. The summed E-state index contributed by atoms with van der Waals surface area (Å²) in [5.41, 5.74) is -0.322. The molecule has 0 aliphatic rings. The molecule has 4 N–H and O–H groups in total. The molecule has 0 fully saturated rings. The smallest absolute Gasteiger partial charge is 0.326 e. The van der Waals surface area contributed by atoms with E-state index in [9.17, 15) is 19.8 Å². The van der Waals surface area contributed by atoms with Crippen LogP contribution in [0.4, 0.5) is 0 Å². The number of carboxylic acid groups (broad SMARTS) is 1. The lowest BCUT2D eigenvalue weighted by Crippen LogP contribution is -2.41. The Balaban J connectivity index is 2.91. The normalized spacial score (nSPS) is 12.2. The van der Waals surface area contributed by atoms with Crippen LogP contribution in [-0.4, -0.2) is 33.2 Å². The van der Waals surface area contributed by atoms with E-state index in [1.807, 2.05) is 13.8 Å². The van der Waals surface area contributed by atoms with Gasteiger partial charge in [0, 0.05) is 0 Å². The number of carboxylic acids is 1. The molecule has 104 valence electrons. The monoisotopic (exact) mass is 267 g/mol. The van der Waals surface area contributed by atoms with Gasteiger partial charge in [0.1, 0.15) is 23.1 Å². The van der Waals surface area contributed by atoms with Crippen molar-refractivity contribution >= 4 is 11.9 Å². The van der Waals surface area contributed by atoms with Gasteiger partial charge in [0.05, 0.1) is 0 Å². The molecule has 1 unspecified atom stereocenters. The second-order valence-electron chi connectivity index (χ2n) is 4.67. The number of amides is 1. The Morgan fingerprint density at radius 3 is 2.16 bits per heavy atom. The summed E-state index contributed by atoms with van der Waals surface area (Å²) in [6.45, 7) is 3.67. The van der Waals surface area contributed by atoms with Gasteiger partial charge in [-0.25, -0.2) is 4.79 Å². The number of hydrogen-bond acceptors (Lipinski definition) is 4. The van der Waals surface area contributed by atoms with E-state index in [0.29, 0.717) is 0 Å². The van der Waals surface area contributed by atoms with E-state index in [1.165, 1.54) is 18.2 Å². The van der Waals surface area contributed by atoms with E-state index in [1.54, 1.807) is 0 Å². The quantitative estimate of drug-likeness (QED) is 0.643. The van der Waals surface area contributed by atoms with Crippen LogP contribution < -0.4 is 5.32 Å². The van der Waals surface area contributed by atoms with Crippen molar-refractivity contribution in [3.05, 3.63) is 23.8 Å². The molecule has 6 heteroatoms. The van der Waals surface area contributed by atoms with Gasteiger partial charge in [-0.15, -0.1) is 0 Å².